The number of benzene rings is 1. The molecule has 4 heteroatoms. The van der Waals surface area contributed by atoms with Crippen LogP contribution in [0.15, 0.2) is 30.5 Å². The fourth-order valence-corrected chi connectivity index (χ4v) is 2.59. The van der Waals surface area contributed by atoms with Crippen molar-refractivity contribution < 1.29 is 4.74 Å². The third kappa shape index (κ3) is 3.27. The first-order chi connectivity index (χ1) is 10.3. The van der Waals surface area contributed by atoms with E-state index in [1.807, 2.05) is 12.3 Å². The van der Waals surface area contributed by atoms with Gasteiger partial charge >= 0.3 is 0 Å². The van der Waals surface area contributed by atoms with Crippen molar-refractivity contribution in [3.05, 3.63) is 36.0 Å². The third-order valence-electron chi connectivity index (χ3n) is 3.90. The van der Waals surface area contributed by atoms with Crippen molar-refractivity contribution in [2.24, 2.45) is 0 Å². The summed E-state index contributed by atoms with van der Waals surface area (Å²) in [6, 6.07) is 9.10. The first kappa shape index (κ1) is 14.1. The van der Waals surface area contributed by atoms with Gasteiger partial charge in [0.1, 0.15) is 5.75 Å². The summed E-state index contributed by atoms with van der Waals surface area (Å²) < 4.78 is 7.46. The fourth-order valence-electron chi connectivity index (χ4n) is 2.59. The highest BCUT2D eigenvalue weighted by atomic mass is 16.5. The van der Waals surface area contributed by atoms with Crippen LogP contribution in [-0.4, -0.2) is 22.9 Å². The number of hydrogen-bond donors (Lipinski definition) is 1. The molecule has 0 aliphatic heterocycles. The van der Waals surface area contributed by atoms with Gasteiger partial charge in [0.05, 0.1) is 12.8 Å². The monoisotopic (exact) mass is 285 g/mol. The molecule has 0 saturated heterocycles. The van der Waals surface area contributed by atoms with Gasteiger partial charge < -0.3 is 10.1 Å². The SMILES string of the molecule is CCCn1nccc1-c1ccc(OC)cc1CNC1CC1. The van der Waals surface area contributed by atoms with E-state index in [0.717, 1.165) is 25.3 Å². The van der Waals surface area contributed by atoms with Gasteiger partial charge in [0.2, 0.25) is 0 Å². The molecule has 21 heavy (non-hydrogen) atoms. The molecule has 1 aromatic heterocycles. The quantitative estimate of drug-likeness (QED) is 0.849. The van der Waals surface area contributed by atoms with Crippen LogP contribution in [-0.2, 0) is 13.1 Å². The molecular weight excluding hydrogens is 262 g/mol. The number of aryl methyl sites for hydroxylation is 1. The molecule has 1 aliphatic carbocycles. The molecule has 1 saturated carbocycles. The van der Waals surface area contributed by atoms with Gasteiger partial charge in [-0.1, -0.05) is 6.92 Å². The van der Waals surface area contributed by atoms with Gasteiger partial charge in [-0.05, 0) is 49.1 Å². The molecule has 0 radical (unpaired) electrons. The lowest BCUT2D eigenvalue weighted by molar-refractivity contribution is 0.414. The molecule has 112 valence electrons. The fraction of sp³-hybridized carbons (Fsp3) is 0.471. The lowest BCUT2D eigenvalue weighted by atomic mass is 10.0. The van der Waals surface area contributed by atoms with Crippen molar-refractivity contribution in [3.63, 3.8) is 0 Å². The molecule has 0 amide bonds. The highest BCUT2D eigenvalue weighted by molar-refractivity contribution is 5.65. The summed E-state index contributed by atoms with van der Waals surface area (Å²) in [5.74, 6) is 0.910. The molecule has 1 aliphatic rings. The van der Waals surface area contributed by atoms with Crippen molar-refractivity contribution in [2.75, 3.05) is 7.11 Å². The Labute approximate surface area is 126 Å². The molecule has 3 rings (SSSR count). The molecule has 2 aromatic rings. The molecule has 0 spiro atoms. The lowest BCUT2D eigenvalue weighted by Gasteiger charge is -2.14. The molecule has 0 bridgehead atoms. The smallest absolute Gasteiger partial charge is 0.119 e. The Morgan fingerprint density at radius 2 is 2.19 bits per heavy atom. The maximum absolute atomic E-state index is 5.38. The Hall–Kier alpha value is -1.81. The maximum atomic E-state index is 5.38. The molecule has 0 atom stereocenters. The Morgan fingerprint density at radius 3 is 2.90 bits per heavy atom. The summed E-state index contributed by atoms with van der Waals surface area (Å²) in [5, 5.41) is 8.03. The van der Waals surface area contributed by atoms with Crippen molar-refractivity contribution >= 4 is 0 Å². The second-order valence-electron chi connectivity index (χ2n) is 5.62. The molecular formula is C17H23N3O. The van der Waals surface area contributed by atoms with Crippen molar-refractivity contribution in [2.45, 2.75) is 45.3 Å². The second kappa shape index (κ2) is 6.31. The van der Waals surface area contributed by atoms with Gasteiger partial charge in [-0.3, -0.25) is 4.68 Å². The minimum atomic E-state index is 0.699. The third-order valence-corrected chi connectivity index (χ3v) is 3.90. The zero-order valence-electron chi connectivity index (χ0n) is 12.8. The van der Waals surface area contributed by atoms with E-state index in [0.29, 0.717) is 6.04 Å². The van der Waals surface area contributed by atoms with Gasteiger partial charge in [0.25, 0.3) is 0 Å². The minimum absolute atomic E-state index is 0.699. The molecule has 1 fully saturated rings. The summed E-state index contributed by atoms with van der Waals surface area (Å²) in [4.78, 5) is 0. The van der Waals surface area contributed by atoms with E-state index in [9.17, 15) is 0 Å². The molecule has 0 unspecified atom stereocenters. The predicted molar refractivity (Wildman–Crippen MR) is 84.4 cm³/mol. The number of nitrogens with one attached hydrogen (secondary N) is 1. The van der Waals surface area contributed by atoms with Crippen LogP contribution in [0.4, 0.5) is 0 Å². The number of hydrogen-bond acceptors (Lipinski definition) is 3. The van der Waals surface area contributed by atoms with Gasteiger partial charge in [-0.2, -0.15) is 5.10 Å². The number of nitrogens with zero attached hydrogens (tertiary/aromatic N) is 2. The van der Waals surface area contributed by atoms with Crippen LogP contribution in [0.1, 0.15) is 31.7 Å². The molecule has 4 nitrogen and oxygen atoms in total. The normalized spacial score (nSPS) is 14.4. The molecule has 1 aromatic carbocycles. The zero-order chi connectivity index (χ0) is 14.7. The molecule has 1 heterocycles. The van der Waals surface area contributed by atoms with Crippen LogP contribution in [0, 0.1) is 0 Å². The average Bonchev–Trinajstić information content (AvgIpc) is 3.23. The van der Waals surface area contributed by atoms with E-state index in [2.05, 4.69) is 40.2 Å². The van der Waals surface area contributed by atoms with Crippen LogP contribution in [0.2, 0.25) is 0 Å². The first-order valence-corrected chi connectivity index (χ1v) is 7.74. The van der Waals surface area contributed by atoms with Crippen LogP contribution in [0.3, 0.4) is 0 Å². The highest BCUT2D eigenvalue weighted by Gasteiger charge is 2.21. The predicted octanol–water partition coefficient (Wildman–Crippen LogP) is 3.22. The standard InChI is InChI=1S/C17H23N3O/c1-3-10-20-17(8-9-19-20)16-7-6-15(21-2)11-13(16)12-18-14-4-5-14/h6-9,11,14,18H,3-5,10,12H2,1-2H3. The summed E-state index contributed by atoms with van der Waals surface area (Å²) in [7, 11) is 1.72. The summed E-state index contributed by atoms with van der Waals surface area (Å²) in [6.45, 7) is 4.01. The van der Waals surface area contributed by atoms with Crippen LogP contribution in [0.25, 0.3) is 11.3 Å². The Morgan fingerprint density at radius 1 is 1.33 bits per heavy atom. The average molecular weight is 285 g/mol. The van der Waals surface area contributed by atoms with Crippen molar-refractivity contribution in [1.29, 1.82) is 0 Å². The second-order valence-corrected chi connectivity index (χ2v) is 5.62. The van der Waals surface area contributed by atoms with Gasteiger partial charge in [-0.25, -0.2) is 0 Å². The van der Waals surface area contributed by atoms with E-state index >= 15 is 0 Å². The maximum Gasteiger partial charge on any atom is 0.119 e. The lowest BCUT2D eigenvalue weighted by Crippen LogP contribution is -2.16. The van der Waals surface area contributed by atoms with E-state index in [1.54, 1.807) is 7.11 Å². The number of ether oxygens (including phenoxy) is 1. The van der Waals surface area contributed by atoms with Crippen molar-refractivity contribution in [3.8, 4) is 17.0 Å². The van der Waals surface area contributed by atoms with E-state index in [4.69, 9.17) is 4.74 Å². The van der Waals surface area contributed by atoms with Gasteiger partial charge in [0.15, 0.2) is 0 Å². The zero-order valence-corrected chi connectivity index (χ0v) is 12.8. The van der Waals surface area contributed by atoms with Crippen molar-refractivity contribution in [1.82, 2.24) is 15.1 Å². The topological polar surface area (TPSA) is 39.1 Å². The summed E-state index contributed by atoms with van der Waals surface area (Å²) in [5.41, 5.74) is 3.71. The number of methoxy groups -OCH3 is 1. The van der Waals surface area contributed by atoms with Gasteiger partial charge in [0, 0.05) is 30.9 Å². The van der Waals surface area contributed by atoms with Crippen LogP contribution >= 0.6 is 0 Å². The number of aromatic nitrogens is 2. The largest absolute Gasteiger partial charge is 0.497 e. The van der Waals surface area contributed by atoms with E-state index in [1.165, 1.54) is 29.7 Å². The van der Waals surface area contributed by atoms with E-state index in [-0.39, 0.29) is 0 Å². The first-order valence-electron chi connectivity index (χ1n) is 7.74. The Bertz CT molecular complexity index is 602. The summed E-state index contributed by atoms with van der Waals surface area (Å²) in [6.07, 6.45) is 5.56. The minimum Gasteiger partial charge on any atom is -0.497 e. The highest BCUT2D eigenvalue weighted by Crippen LogP contribution is 2.28. The van der Waals surface area contributed by atoms with E-state index < -0.39 is 0 Å². The van der Waals surface area contributed by atoms with Gasteiger partial charge in [-0.15, -0.1) is 0 Å². The Kier molecular flexibility index (Phi) is 4.25. The van der Waals surface area contributed by atoms with Crippen LogP contribution in [0.5, 0.6) is 5.75 Å². The number of rotatable bonds is 7. The summed E-state index contributed by atoms with van der Waals surface area (Å²) >= 11 is 0. The molecule has 1 N–H and O–H groups in total. The Balaban J connectivity index is 1.92. The van der Waals surface area contributed by atoms with Crippen LogP contribution < -0.4 is 10.1 Å².